The highest BCUT2D eigenvalue weighted by Crippen LogP contribution is 2.23. The Morgan fingerprint density at radius 1 is 1.26 bits per heavy atom. The van der Waals surface area contributed by atoms with Gasteiger partial charge in [-0.2, -0.15) is 0 Å². The number of fused-ring (bicyclic) bond motifs is 1. The third kappa shape index (κ3) is 5.21. The molecule has 3 aromatic rings. The van der Waals surface area contributed by atoms with Crippen molar-refractivity contribution < 1.29 is 9.59 Å². The Morgan fingerprint density at radius 2 is 2.11 bits per heavy atom. The van der Waals surface area contributed by atoms with Crippen molar-refractivity contribution in [3.05, 3.63) is 59.3 Å². The van der Waals surface area contributed by atoms with Crippen molar-refractivity contribution in [2.24, 2.45) is 0 Å². The number of urea groups is 1. The van der Waals surface area contributed by atoms with E-state index in [4.69, 9.17) is 0 Å². The summed E-state index contributed by atoms with van der Waals surface area (Å²) in [5.41, 5.74) is 1.86. The highest BCUT2D eigenvalue weighted by molar-refractivity contribution is 7.99. The summed E-state index contributed by atoms with van der Waals surface area (Å²) in [6.45, 7) is 4.87. The number of amides is 3. The summed E-state index contributed by atoms with van der Waals surface area (Å²) in [5.74, 6) is -0.246. The van der Waals surface area contributed by atoms with Crippen molar-refractivity contribution in [3.8, 4) is 0 Å². The highest BCUT2D eigenvalue weighted by atomic mass is 32.2. The lowest BCUT2D eigenvalue weighted by molar-refractivity contribution is -0.117. The molecule has 0 aliphatic heterocycles. The van der Waals surface area contributed by atoms with Crippen LogP contribution >= 0.6 is 23.1 Å². The number of hydrogen-bond donors (Lipinski definition) is 2. The van der Waals surface area contributed by atoms with E-state index in [2.05, 4.69) is 22.2 Å². The van der Waals surface area contributed by atoms with Crippen molar-refractivity contribution in [1.29, 1.82) is 0 Å². The lowest BCUT2D eigenvalue weighted by atomic mass is 10.3. The van der Waals surface area contributed by atoms with Crippen LogP contribution in [0.5, 0.6) is 0 Å². The molecule has 0 unspecified atom stereocenters. The molecule has 0 aliphatic carbocycles. The molecule has 0 spiro atoms. The summed E-state index contributed by atoms with van der Waals surface area (Å²) in [7, 11) is 0. The molecular weight excluding hydrogens is 380 g/mol. The van der Waals surface area contributed by atoms with E-state index in [9.17, 15) is 9.59 Å². The van der Waals surface area contributed by atoms with E-state index in [0.717, 1.165) is 22.6 Å². The number of carbonyl (C=O) groups excluding carboxylic acids is 2. The maximum Gasteiger partial charge on any atom is 0.321 e. The number of rotatable bonds is 8. The van der Waals surface area contributed by atoms with E-state index in [1.807, 2.05) is 46.3 Å². The second-order valence-electron chi connectivity index (χ2n) is 5.70. The number of carbonyl (C=O) groups is 2. The Hall–Kier alpha value is -2.58. The summed E-state index contributed by atoms with van der Waals surface area (Å²) in [4.78, 5) is 29.6. The predicted molar refractivity (Wildman–Crippen MR) is 110 cm³/mol. The number of hydrogen-bond acceptors (Lipinski definition) is 5. The Balaban J connectivity index is 1.50. The van der Waals surface area contributed by atoms with E-state index in [1.165, 1.54) is 16.6 Å². The minimum Gasteiger partial charge on any atom is -0.337 e. The first-order valence-electron chi connectivity index (χ1n) is 8.46. The van der Waals surface area contributed by atoms with Gasteiger partial charge in [0.25, 0.3) is 0 Å². The smallest absolute Gasteiger partial charge is 0.321 e. The first-order chi connectivity index (χ1) is 13.2. The summed E-state index contributed by atoms with van der Waals surface area (Å²) >= 11 is 2.94. The molecule has 0 atom stereocenters. The van der Waals surface area contributed by atoms with Crippen LogP contribution < -0.4 is 10.6 Å². The van der Waals surface area contributed by atoms with Gasteiger partial charge >= 0.3 is 6.03 Å². The van der Waals surface area contributed by atoms with Crippen LogP contribution in [0.2, 0.25) is 0 Å². The van der Waals surface area contributed by atoms with Gasteiger partial charge in [0.1, 0.15) is 0 Å². The van der Waals surface area contributed by atoms with Gasteiger partial charge in [-0.25, -0.2) is 9.78 Å². The second-order valence-corrected chi connectivity index (χ2v) is 7.68. The molecule has 2 aromatic heterocycles. The fourth-order valence-corrected chi connectivity index (χ4v) is 4.09. The molecule has 2 heterocycles. The Kier molecular flexibility index (Phi) is 6.67. The number of para-hydroxylation sites is 2. The minimum absolute atomic E-state index is 0.110. The molecule has 0 saturated heterocycles. The van der Waals surface area contributed by atoms with Gasteiger partial charge < -0.3 is 9.88 Å². The summed E-state index contributed by atoms with van der Waals surface area (Å²) < 4.78 is 2.00. The molecule has 0 saturated carbocycles. The molecule has 27 heavy (non-hydrogen) atoms. The van der Waals surface area contributed by atoms with Gasteiger partial charge in [0.2, 0.25) is 5.91 Å². The van der Waals surface area contributed by atoms with Gasteiger partial charge in [-0.3, -0.25) is 10.1 Å². The molecule has 0 fully saturated rings. The van der Waals surface area contributed by atoms with Gasteiger partial charge in [0.05, 0.1) is 16.8 Å². The topological polar surface area (TPSA) is 76.0 Å². The van der Waals surface area contributed by atoms with Gasteiger partial charge in [0.15, 0.2) is 5.16 Å². The maximum absolute atomic E-state index is 12.1. The van der Waals surface area contributed by atoms with Crippen LogP contribution in [-0.2, 0) is 17.8 Å². The zero-order valence-electron chi connectivity index (χ0n) is 14.7. The van der Waals surface area contributed by atoms with Gasteiger partial charge in [-0.15, -0.1) is 17.9 Å². The molecule has 3 rings (SSSR count). The van der Waals surface area contributed by atoms with Crippen molar-refractivity contribution in [1.82, 2.24) is 20.2 Å². The van der Waals surface area contributed by atoms with Crippen LogP contribution in [0, 0.1) is 0 Å². The molecule has 2 N–H and O–H groups in total. The van der Waals surface area contributed by atoms with Crippen LogP contribution in [-0.4, -0.2) is 33.8 Å². The minimum atomic E-state index is -0.475. The number of imidazole rings is 1. The summed E-state index contributed by atoms with van der Waals surface area (Å²) in [5, 5.41) is 7.77. The number of imide groups is 1. The zero-order chi connectivity index (χ0) is 19.1. The summed E-state index contributed by atoms with van der Waals surface area (Å²) in [6, 6.07) is 11.3. The van der Waals surface area contributed by atoms with E-state index < -0.39 is 6.03 Å². The molecule has 8 heteroatoms. The van der Waals surface area contributed by atoms with Crippen molar-refractivity contribution in [3.63, 3.8) is 0 Å². The Morgan fingerprint density at radius 3 is 2.89 bits per heavy atom. The fourth-order valence-electron chi connectivity index (χ4n) is 2.56. The SMILES string of the molecule is C=CCn1c(SCC(=O)NC(=O)NCCc2cccs2)nc2ccccc21. The third-order valence-electron chi connectivity index (χ3n) is 3.75. The molecule has 3 amide bonds. The van der Waals surface area contributed by atoms with Crippen LogP contribution in [0.4, 0.5) is 4.79 Å². The van der Waals surface area contributed by atoms with Crippen LogP contribution in [0.15, 0.2) is 59.6 Å². The molecular formula is C19H20N4O2S2. The second kappa shape index (κ2) is 9.38. The number of nitrogens with one attached hydrogen (secondary N) is 2. The quantitative estimate of drug-likeness (QED) is 0.449. The number of benzene rings is 1. The highest BCUT2D eigenvalue weighted by Gasteiger charge is 2.13. The Labute approximate surface area is 165 Å². The van der Waals surface area contributed by atoms with E-state index >= 15 is 0 Å². The molecule has 1 aromatic carbocycles. The van der Waals surface area contributed by atoms with Crippen molar-refractivity contribution >= 4 is 46.1 Å². The summed E-state index contributed by atoms with van der Waals surface area (Å²) in [6.07, 6.45) is 2.54. The fraction of sp³-hybridized carbons (Fsp3) is 0.211. The van der Waals surface area contributed by atoms with Crippen LogP contribution in [0.25, 0.3) is 11.0 Å². The number of allylic oxidation sites excluding steroid dienone is 1. The van der Waals surface area contributed by atoms with Crippen molar-refractivity contribution in [2.75, 3.05) is 12.3 Å². The first-order valence-corrected chi connectivity index (χ1v) is 10.3. The van der Waals surface area contributed by atoms with Gasteiger partial charge in [-0.05, 0) is 30.0 Å². The molecule has 140 valence electrons. The zero-order valence-corrected chi connectivity index (χ0v) is 16.3. The van der Waals surface area contributed by atoms with E-state index in [1.54, 1.807) is 17.4 Å². The molecule has 0 radical (unpaired) electrons. The van der Waals surface area contributed by atoms with Crippen LogP contribution in [0.1, 0.15) is 4.88 Å². The largest absolute Gasteiger partial charge is 0.337 e. The standard InChI is InChI=1S/C19H20N4O2S2/c1-2-11-23-16-8-4-3-7-15(16)21-19(23)27-13-17(24)22-18(25)20-10-9-14-6-5-12-26-14/h2-8,12H,1,9-11,13H2,(H2,20,22,24,25). The lowest BCUT2D eigenvalue weighted by Gasteiger charge is -2.07. The van der Waals surface area contributed by atoms with E-state index in [-0.39, 0.29) is 11.7 Å². The molecule has 0 bridgehead atoms. The van der Waals surface area contributed by atoms with Gasteiger partial charge in [0, 0.05) is 18.0 Å². The molecule has 0 aliphatic rings. The number of thioether (sulfide) groups is 1. The number of nitrogens with zero attached hydrogens (tertiary/aromatic N) is 2. The maximum atomic E-state index is 12.1. The van der Waals surface area contributed by atoms with Crippen molar-refractivity contribution in [2.45, 2.75) is 18.1 Å². The average molecular weight is 401 g/mol. The Bertz CT molecular complexity index is 934. The normalized spacial score (nSPS) is 10.7. The third-order valence-corrected chi connectivity index (χ3v) is 5.67. The number of aromatic nitrogens is 2. The monoisotopic (exact) mass is 400 g/mol. The number of thiophene rings is 1. The van der Waals surface area contributed by atoms with E-state index in [0.29, 0.717) is 13.1 Å². The average Bonchev–Trinajstić information content (AvgIpc) is 3.29. The van der Waals surface area contributed by atoms with Gasteiger partial charge in [-0.1, -0.05) is 36.0 Å². The molecule has 6 nitrogen and oxygen atoms in total. The first kappa shape index (κ1) is 19.2. The lowest BCUT2D eigenvalue weighted by Crippen LogP contribution is -2.41. The predicted octanol–water partition coefficient (Wildman–Crippen LogP) is 3.44. The van der Waals surface area contributed by atoms with Crippen LogP contribution in [0.3, 0.4) is 0 Å².